The highest BCUT2D eigenvalue weighted by Gasteiger charge is 2.22. The van der Waals surface area contributed by atoms with Gasteiger partial charge in [-0.1, -0.05) is 18.2 Å². The Hall–Kier alpha value is -2.66. The van der Waals surface area contributed by atoms with E-state index in [0.29, 0.717) is 11.7 Å². The molecule has 1 aromatic carbocycles. The van der Waals surface area contributed by atoms with E-state index in [0.717, 1.165) is 55.3 Å². The van der Waals surface area contributed by atoms with Crippen molar-refractivity contribution in [3.63, 3.8) is 0 Å². The van der Waals surface area contributed by atoms with Crippen LogP contribution in [0.2, 0.25) is 0 Å². The van der Waals surface area contributed by atoms with Crippen molar-refractivity contribution in [2.75, 3.05) is 13.1 Å². The third-order valence-electron chi connectivity index (χ3n) is 5.24. The zero-order valence-corrected chi connectivity index (χ0v) is 15.9. The van der Waals surface area contributed by atoms with Crippen molar-refractivity contribution >= 4 is 0 Å². The highest BCUT2D eigenvalue weighted by molar-refractivity contribution is 5.58. The molecule has 0 saturated carbocycles. The molecule has 0 amide bonds. The fourth-order valence-electron chi connectivity index (χ4n) is 3.87. The molecule has 0 atom stereocenters. The second kappa shape index (κ2) is 7.53. The molecule has 0 radical (unpaired) electrons. The third kappa shape index (κ3) is 4.19. The van der Waals surface area contributed by atoms with E-state index in [2.05, 4.69) is 39.1 Å². The van der Waals surface area contributed by atoms with Crippen molar-refractivity contribution in [2.45, 2.75) is 39.2 Å². The molecule has 3 aromatic rings. The second-order valence-electron chi connectivity index (χ2n) is 7.42. The Morgan fingerprint density at radius 1 is 1.15 bits per heavy atom. The van der Waals surface area contributed by atoms with E-state index in [1.54, 1.807) is 6.07 Å². The van der Waals surface area contributed by atoms with Crippen LogP contribution >= 0.6 is 0 Å². The summed E-state index contributed by atoms with van der Waals surface area (Å²) in [7, 11) is 0. The maximum atomic E-state index is 11.7. The first kappa shape index (κ1) is 17.7. The summed E-state index contributed by atoms with van der Waals surface area (Å²) in [4.78, 5) is 21.4. The van der Waals surface area contributed by atoms with E-state index in [-0.39, 0.29) is 5.56 Å². The summed E-state index contributed by atoms with van der Waals surface area (Å²) in [6.07, 6.45) is 2.07. The minimum Gasteiger partial charge on any atom is -0.461 e. The standard InChI is InChI=1S/C22H25N3O2/c1-15-6-7-21(27-15)19-5-3-4-17(12-19)14-25-10-8-18(9-11-25)20-13-22(26)24-16(2)23-20/h3-7,12-13,18H,8-11,14H2,1-2H3,(H,23,24,26). The summed E-state index contributed by atoms with van der Waals surface area (Å²) in [5.41, 5.74) is 3.31. The number of likely N-dealkylation sites (tertiary alicyclic amines) is 1. The van der Waals surface area contributed by atoms with Crippen molar-refractivity contribution in [1.82, 2.24) is 14.9 Å². The monoisotopic (exact) mass is 363 g/mol. The number of nitrogens with zero attached hydrogens (tertiary/aromatic N) is 2. The molecular formula is C22H25N3O2. The highest BCUT2D eigenvalue weighted by atomic mass is 16.3. The van der Waals surface area contributed by atoms with E-state index in [9.17, 15) is 4.79 Å². The zero-order valence-electron chi connectivity index (χ0n) is 15.9. The fourth-order valence-corrected chi connectivity index (χ4v) is 3.87. The number of aryl methyl sites for hydroxylation is 2. The molecule has 0 unspecified atom stereocenters. The van der Waals surface area contributed by atoms with Gasteiger partial charge in [-0.2, -0.15) is 0 Å². The maximum absolute atomic E-state index is 11.7. The van der Waals surface area contributed by atoms with Crippen molar-refractivity contribution in [1.29, 1.82) is 0 Å². The molecule has 1 saturated heterocycles. The Bertz CT molecular complexity index is 981. The van der Waals surface area contributed by atoms with Crippen molar-refractivity contribution in [2.24, 2.45) is 0 Å². The molecule has 0 bridgehead atoms. The Morgan fingerprint density at radius 3 is 2.67 bits per heavy atom. The molecule has 2 aromatic heterocycles. The molecule has 5 nitrogen and oxygen atoms in total. The van der Waals surface area contributed by atoms with Crippen molar-refractivity contribution < 1.29 is 4.42 Å². The molecule has 4 rings (SSSR count). The number of hydrogen-bond donors (Lipinski definition) is 1. The summed E-state index contributed by atoms with van der Waals surface area (Å²) in [5.74, 6) is 2.93. The Kier molecular flexibility index (Phi) is 4.94. The number of aromatic nitrogens is 2. The average molecular weight is 363 g/mol. The molecule has 1 aliphatic rings. The lowest BCUT2D eigenvalue weighted by atomic mass is 9.93. The topological polar surface area (TPSA) is 62.1 Å². The first-order valence-electron chi connectivity index (χ1n) is 9.53. The smallest absolute Gasteiger partial charge is 0.251 e. The maximum Gasteiger partial charge on any atom is 0.251 e. The molecule has 1 fully saturated rings. The lowest BCUT2D eigenvalue weighted by molar-refractivity contribution is 0.203. The number of benzene rings is 1. The molecular weight excluding hydrogens is 338 g/mol. The summed E-state index contributed by atoms with van der Waals surface area (Å²) >= 11 is 0. The fraction of sp³-hybridized carbons (Fsp3) is 0.364. The van der Waals surface area contributed by atoms with E-state index in [4.69, 9.17) is 4.42 Å². The summed E-state index contributed by atoms with van der Waals surface area (Å²) in [6, 6.07) is 14.3. The first-order chi connectivity index (χ1) is 13.1. The van der Waals surface area contributed by atoms with E-state index >= 15 is 0 Å². The minimum atomic E-state index is -0.0510. The Balaban J connectivity index is 1.40. The quantitative estimate of drug-likeness (QED) is 0.760. The number of furan rings is 1. The van der Waals surface area contributed by atoms with Gasteiger partial charge < -0.3 is 9.40 Å². The van der Waals surface area contributed by atoms with E-state index < -0.39 is 0 Å². The summed E-state index contributed by atoms with van der Waals surface area (Å²) in [5, 5.41) is 0. The van der Waals surface area contributed by atoms with E-state index in [1.165, 1.54) is 5.56 Å². The second-order valence-corrected chi connectivity index (χ2v) is 7.42. The van der Waals surface area contributed by atoms with Crippen LogP contribution < -0.4 is 5.56 Å². The van der Waals surface area contributed by atoms with Gasteiger partial charge in [-0.05, 0) is 63.5 Å². The molecule has 1 N–H and O–H groups in total. The van der Waals surface area contributed by atoms with Gasteiger partial charge >= 0.3 is 0 Å². The third-order valence-corrected chi connectivity index (χ3v) is 5.24. The van der Waals surface area contributed by atoms with Crippen LogP contribution in [0.5, 0.6) is 0 Å². The van der Waals surface area contributed by atoms with Crippen LogP contribution in [0, 0.1) is 13.8 Å². The van der Waals surface area contributed by atoms with Crippen LogP contribution in [-0.2, 0) is 6.54 Å². The Labute approximate surface area is 159 Å². The van der Waals surface area contributed by atoms with Gasteiger partial charge in [0.25, 0.3) is 5.56 Å². The molecule has 5 heteroatoms. The Morgan fingerprint density at radius 2 is 1.96 bits per heavy atom. The SMILES string of the molecule is Cc1nc(C2CCN(Cc3cccc(-c4ccc(C)o4)c3)CC2)cc(=O)[nH]1. The number of H-pyrrole nitrogens is 1. The predicted octanol–water partition coefficient (Wildman–Crippen LogP) is 4.03. The normalized spacial score (nSPS) is 15.9. The molecule has 0 aliphatic carbocycles. The van der Waals surface area contributed by atoms with Crippen LogP contribution in [0.15, 0.2) is 51.7 Å². The van der Waals surface area contributed by atoms with Gasteiger partial charge in [0, 0.05) is 24.1 Å². The van der Waals surface area contributed by atoms with Crippen LogP contribution in [-0.4, -0.2) is 28.0 Å². The lowest BCUT2D eigenvalue weighted by Crippen LogP contribution is -2.33. The molecule has 140 valence electrons. The number of rotatable bonds is 4. The first-order valence-corrected chi connectivity index (χ1v) is 9.53. The highest BCUT2D eigenvalue weighted by Crippen LogP contribution is 2.28. The minimum absolute atomic E-state index is 0.0510. The van der Waals surface area contributed by atoms with Gasteiger partial charge in [-0.25, -0.2) is 4.98 Å². The largest absolute Gasteiger partial charge is 0.461 e. The number of piperidine rings is 1. The van der Waals surface area contributed by atoms with Crippen molar-refractivity contribution in [3.8, 4) is 11.3 Å². The van der Waals surface area contributed by atoms with Gasteiger partial charge in [-0.3, -0.25) is 9.69 Å². The molecule has 1 aliphatic heterocycles. The van der Waals surface area contributed by atoms with Crippen LogP contribution in [0.4, 0.5) is 0 Å². The predicted molar refractivity (Wildman–Crippen MR) is 106 cm³/mol. The van der Waals surface area contributed by atoms with Gasteiger partial charge in [0.15, 0.2) is 0 Å². The van der Waals surface area contributed by atoms with Crippen LogP contribution in [0.3, 0.4) is 0 Å². The van der Waals surface area contributed by atoms with Gasteiger partial charge in [0.2, 0.25) is 0 Å². The van der Waals surface area contributed by atoms with E-state index in [1.807, 2.05) is 26.0 Å². The summed E-state index contributed by atoms with van der Waals surface area (Å²) < 4.78 is 5.75. The summed E-state index contributed by atoms with van der Waals surface area (Å²) in [6.45, 7) is 6.77. The molecule has 0 spiro atoms. The number of nitrogens with one attached hydrogen (secondary N) is 1. The number of aromatic amines is 1. The molecule has 3 heterocycles. The number of hydrogen-bond acceptors (Lipinski definition) is 4. The van der Waals surface area contributed by atoms with Crippen LogP contribution in [0.1, 0.15) is 41.6 Å². The zero-order chi connectivity index (χ0) is 18.8. The lowest BCUT2D eigenvalue weighted by Gasteiger charge is -2.31. The van der Waals surface area contributed by atoms with Crippen molar-refractivity contribution in [3.05, 3.63) is 75.7 Å². The van der Waals surface area contributed by atoms with Crippen LogP contribution in [0.25, 0.3) is 11.3 Å². The van der Waals surface area contributed by atoms with Gasteiger partial charge in [-0.15, -0.1) is 0 Å². The van der Waals surface area contributed by atoms with Gasteiger partial charge in [0.05, 0.1) is 5.69 Å². The average Bonchev–Trinajstić information content (AvgIpc) is 3.08. The molecule has 27 heavy (non-hydrogen) atoms. The van der Waals surface area contributed by atoms with Gasteiger partial charge in [0.1, 0.15) is 17.3 Å².